The standard InChI is InChI=1S/C25H32N2O4S/c28-25(27-15-17-31-18-16-27)24(21-10-7-4-8-11-21)26-32(29,30)23-14-13-20-9-5-2-1-3-6-12-22(20)19-23/h4,7-8,10-11,13-14,19,24,26H,1-3,5-6,9,12,15-18H2/t24-/m0/s1. The first kappa shape index (κ1) is 23.0. The van der Waals surface area contributed by atoms with E-state index in [2.05, 4.69) is 4.72 Å². The van der Waals surface area contributed by atoms with Crippen LogP contribution in [0.3, 0.4) is 0 Å². The average molecular weight is 457 g/mol. The molecule has 6 nitrogen and oxygen atoms in total. The molecule has 2 aromatic rings. The van der Waals surface area contributed by atoms with Gasteiger partial charge in [-0.05, 0) is 54.5 Å². The number of morpholine rings is 1. The quantitative estimate of drug-likeness (QED) is 0.746. The third-order valence-corrected chi connectivity index (χ3v) is 7.78. The van der Waals surface area contributed by atoms with Gasteiger partial charge in [0.05, 0.1) is 18.1 Å². The molecular formula is C25H32N2O4S. The Morgan fingerprint density at radius 1 is 0.875 bits per heavy atom. The molecular weight excluding hydrogens is 424 g/mol. The van der Waals surface area contributed by atoms with E-state index in [1.807, 2.05) is 30.3 Å². The van der Waals surface area contributed by atoms with Gasteiger partial charge in [-0.25, -0.2) is 8.42 Å². The molecule has 7 heteroatoms. The predicted octanol–water partition coefficient (Wildman–Crippen LogP) is 3.61. The van der Waals surface area contributed by atoms with Crippen LogP contribution in [0.2, 0.25) is 0 Å². The van der Waals surface area contributed by atoms with Crippen molar-refractivity contribution in [2.24, 2.45) is 0 Å². The van der Waals surface area contributed by atoms with Crippen molar-refractivity contribution in [3.63, 3.8) is 0 Å². The van der Waals surface area contributed by atoms with Crippen LogP contribution in [0.5, 0.6) is 0 Å². The molecule has 2 aromatic carbocycles. The zero-order valence-corrected chi connectivity index (χ0v) is 19.3. The highest BCUT2D eigenvalue weighted by molar-refractivity contribution is 7.89. The third kappa shape index (κ3) is 5.57. The van der Waals surface area contributed by atoms with E-state index in [-0.39, 0.29) is 10.8 Å². The summed E-state index contributed by atoms with van der Waals surface area (Å²) < 4.78 is 34.9. The minimum Gasteiger partial charge on any atom is -0.378 e. The van der Waals surface area contributed by atoms with Gasteiger partial charge in [0.1, 0.15) is 6.04 Å². The Morgan fingerprint density at radius 3 is 2.25 bits per heavy atom. The molecule has 1 atom stereocenters. The van der Waals surface area contributed by atoms with Gasteiger partial charge in [0, 0.05) is 13.1 Å². The summed E-state index contributed by atoms with van der Waals surface area (Å²) in [5.74, 6) is -0.245. The largest absolute Gasteiger partial charge is 0.378 e. The number of fused-ring (bicyclic) bond motifs is 1. The molecule has 1 saturated heterocycles. The van der Waals surface area contributed by atoms with Crippen LogP contribution in [0.4, 0.5) is 0 Å². The highest BCUT2D eigenvalue weighted by atomic mass is 32.2. The number of ether oxygens (including phenoxy) is 1. The van der Waals surface area contributed by atoms with E-state index in [1.54, 1.807) is 23.1 Å². The number of rotatable bonds is 5. The van der Waals surface area contributed by atoms with Crippen LogP contribution >= 0.6 is 0 Å². The van der Waals surface area contributed by atoms with E-state index >= 15 is 0 Å². The Balaban J connectivity index is 1.61. The van der Waals surface area contributed by atoms with Gasteiger partial charge in [-0.2, -0.15) is 4.72 Å². The summed E-state index contributed by atoms with van der Waals surface area (Å²) >= 11 is 0. The summed E-state index contributed by atoms with van der Waals surface area (Å²) in [5.41, 5.74) is 3.00. The van der Waals surface area contributed by atoms with Crippen molar-refractivity contribution < 1.29 is 17.9 Å². The van der Waals surface area contributed by atoms with Gasteiger partial charge in [0.25, 0.3) is 0 Å². The Kier molecular flexibility index (Phi) is 7.60. The lowest BCUT2D eigenvalue weighted by Gasteiger charge is -2.31. The molecule has 32 heavy (non-hydrogen) atoms. The molecule has 1 N–H and O–H groups in total. The van der Waals surface area contributed by atoms with E-state index in [4.69, 9.17) is 4.74 Å². The molecule has 1 aliphatic carbocycles. The lowest BCUT2D eigenvalue weighted by Crippen LogP contribution is -2.47. The monoisotopic (exact) mass is 456 g/mol. The maximum atomic E-state index is 13.4. The van der Waals surface area contributed by atoms with E-state index < -0.39 is 16.1 Å². The average Bonchev–Trinajstić information content (AvgIpc) is 2.95. The fourth-order valence-corrected chi connectivity index (χ4v) is 5.73. The third-order valence-electron chi connectivity index (χ3n) is 6.36. The molecule has 0 unspecified atom stereocenters. The summed E-state index contributed by atoms with van der Waals surface area (Å²) in [6, 6.07) is 13.5. The van der Waals surface area contributed by atoms with E-state index in [0.717, 1.165) is 31.2 Å². The first-order chi connectivity index (χ1) is 15.5. The normalized spacial score (nSPS) is 18.7. The molecule has 0 spiro atoms. The van der Waals surface area contributed by atoms with Crippen LogP contribution in [-0.4, -0.2) is 45.5 Å². The summed E-state index contributed by atoms with van der Waals surface area (Å²) in [4.78, 5) is 15.2. The second-order valence-electron chi connectivity index (χ2n) is 8.60. The van der Waals surface area contributed by atoms with Crippen molar-refractivity contribution in [1.29, 1.82) is 0 Å². The molecule has 0 saturated carbocycles. The van der Waals surface area contributed by atoms with Gasteiger partial charge in [-0.1, -0.05) is 55.7 Å². The van der Waals surface area contributed by atoms with Gasteiger partial charge in [0.15, 0.2) is 0 Å². The number of carbonyl (C=O) groups excluding carboxylic acids is 1. The minimum atomic E-state index is -3.88. The Hall–Kier alpha value is -2.22. The minimum absolute atomic E-state index is 0.228. The molecule has 1 aliphatic heterocycles. The van der Waals surface area contributed by atoms with Crippen molar-refractivity contribution in [3.05, 3.63) is 65.2 Å². The van der Waals surface area contributed by atoms with Crippen LogP contribution in [-0.2, 0) is 32.4 Å². The molecule has 2 aliphatic rings. The van der Waals surface area contributed by atoms with Crippen LogP contribution in [0.15, 0.2) is 53.4 Å². The van der Waals surface area contributed by atoms with Crippen LogP contribution in [0.1, 0.15) is 54.8 Å². The maximum Gasteiger partial charge on any atom is 0.245 e. The molecule has 1 heterocycles. The van der Waals surface area contributed by atoms with Crippen molar-refractivity contribution in [2.75, 3.05) is 26.3 Å². The van der Waals surface area contributed by atoms with E-state index in [1.165, 1.54) is 24.8 Å². The topological polar surface area (TPSA) is 75.7 Å². The molecule has 1 amide bonds. The number of hydrogen-bond acceptors (Lipinski definition) is 4. The SMILES string of the molecule is O=C([C@@H](NS(=O)(=O)c1ccc2c(c1)CCCCCCC2)c1ccccc1)N1CCOCC1. The molecule has 1 fully saturated rings. The summed E-state index contributed by atoms with van der Waals surface area (Å²) in [6.45, 7) is 1.85. The Labute approximate surface area is 191 Å². The van der Waals surface area contributed by atoms with E-state index in [9.17, 15) is 13.2 Å². The fourth-order valence-electron chi connectivity index (χ4n) is 4.50. The van der Waals surface area contributed by atoms with Crippen molar-refractivity contribution >= 4 is 15.9 Å². The lowest BCUT2D eigenvalue weighted by molar-refractivity contribution is -0.137. The number of nitrogens with zero attached hydrogens (tertiary/aromatic N) is 1. The van der Waals surface area contributed by atoms with Gasteiger partial charge < -0.3 is 9.64 Å². The molecule has 0 bridgehead atoms. The zero-order valence-electron chi connectivity index (χ0n) is 18.5. The fraction of sp³-hybridized carbons (Fsp3) is 0.480. The highest BCUT2D eigenvalue weighted by Gasteiger charge is 2.31. The van der Waals surface area contributed by atoms with Gasteiger partial charge in [-0.15, -0.1) is 0 Å². The zero-order chi connectivity index (χ0) is 22.4. The predicted molar refractivity (Wildman–Crippen MR) is 124 cm³/mol. The first-order valence-corrected chi connectivity index (χ1v) is 13.1. The first-order valence-electron chi connectivity index (χ1n) is 11.6. The number of hydrogen-bond donors (Lipinski definition) is 1. The van der Waals surface area contributed by atoms with Crippen LogP contribution in [0, 0.1) is 0 Å². The Bertz CT molecular complexity index is 1020. The van der Waals surface area contributed by atoms with Crippen molar-refractivity contribution in [2.45, 2.75) is 55.9 Å². The number of carbonyl (C=O) groups is 1. The summed E-state index contributed by atoms with van der Waals surface area (Å²) in [5, 5.41) is 0. The lowest BCUT2D eigenvalue weighted by atomic mass is 10.00. The number of amides is 1. The summed E-state index contributed by atoms with van der Waals surface area (Å²) in [6.07, 6.45) is 7.75. The molecule has 0 aromatic heterocycles. The smallest absolute Gasteiger partial charge is 0.245 e. The summed E-state index contributed by atoms with van der Waals surface area (Å²) in [7, 11) is -3.88. The second kappa shape index (κ2) is 10.6. The highest BCUT2D eigenvalue weighted by Crippen LogP contribution is 2.25. The van der Waals surface area contributed by atoms with Crippen molar-refractivity contribution in [1.82, 2.24) is 9.62 Å². The second-order valence-corrected chi connectivity index (χ2v) is 10.3. The molecule has 4 rings (SSSR count). The number of nitrogens with one attached hydrogen (secondary N) is 1. The van der Waals surface area contributed by atoms with Crippen LogP contribution in [0.25, 0.3) is 0 Å². The molecule has 172 valence electrons. The van der Waals surface area contributed by atoms with Gasteiger partial charge >= 0.3 is 0 Å². The van der Waals surface area contributed by atoms with E-state index in [0.29, 0.717) is 31.9 Å². The maximum absolute atomic E-state index is 13.4. The van der Waals surface area contributed by atoms with Crippen LogP contribution < -0.4 is 4.72 Å². The van der Waals surface area contributed by atoms with Gasteiger partial charge in [0.2, 0.25) is 15.9 Å². The van der Waals surface area contributed by atoms with Crippen molar-refractivity contribution in [3.8, 4) is 0 Å². The number of sulfonamides is 1. The molecule has 0 radical (unpaired) electrons. The number of benzene rings is 2. The van der Waals surface area contributed by atoms with Gasteiger partial charge in [-0.3, -0.25) is 4.79 Å². The Morgan fingerprint density at radius 2 is 1.53 bits per heavy atom. The number of aryl methyl sites for hydroxylation is 2.